The number of nitrogens with one attached hydrogen (secondary N) is 2. The van der Waals surface area contributed by atoms with Crippen LogP contribution < -0.4 is 10.9 Å². The molecule has 2 N–H and O–H groups in total. The molecular weight excluding hydrogens is 236 g/mol. The number of aromatic amines is 1. The average molecular weight is 256 g/mol. The highest BCUT2D eigenvalue weighted by Gasteiger charge is 2.44. The highest BCUT2D eigenvalue weighted by molar-refractivity contribution is 5.40. The molecule has 0 unspecified atom stereocenters. The van der Waals surface area contributed by atoms with Gasteiger partial charge in [-0.05, 0) is 50.1 Å². The fourth-order valence-corrected chi connectivity index (χ4v) is 4.50. The number of piperidine rings is 1. The highest BCUT2D eigenvalue weighted by Crippen LogP contribution is 2.47. The van der Waals surface area contributed by atoms with Crippen LogP contribution in [0.4, 0.5) is 0 Å². The number of aromatic nitrogens is 1. The summed E-state index contributed by atoms with van der Waals surface area (Å²) < 4.78 is 0. The van der Waals surface area contributed by atoms with Crippen molar-refractivity contribution in [3.63, 3.8) is 0 Å². The molecule has 19 heavy (non-hydrogen) atoms. The predicted molar refractivity (Wildman–Crippen MR) is 75.3 cm³/mol. The number of hydrogen-bond acceptors (Lipinski definition) is 2. The maximum absolute atomic E-state index is 11.6. The molecule has 3 nitrogen and oxygen atoms in total. The van der Waals surface area contributed by atoms with Crippen LogP contribution in [0.1, 0.15) is 36.9 Å². The molecule has 1 aromatic heterocycles. The molecule has 4 aliphatic rings. The summed E-state index contributed by atoms with van der Waals surface area (Å²) in [5.74, 6) is 1.78. The third kappa shape index (κ3) is 1.64. The molecule has 0 amide bonds. The zero-order valence-corrected chi connectivity index (χ0v) is 11.3. The second-order valence-electron chi connectivity index (χ2n) is 6.30. The van der Waals surface area contributed by atoms with Crippen molar-refractivity contribution in [3.05, 3.63) is 45.4 Å². The summed E-state index contributed by atoms with van der Waals surface area (Å²) in [6.45, 7) is 3.39. The Kier molecular flexibility index (Phi) is 2.46. The molecular formula is C16H20N2O. The first-order chi connectivity index (χ1) is 9.24. The fraction of sp³-hybridized carbons (Fsp3) is 0.562. The van der Waals surface area contributed by atoms with E-state index in [1.165, 1.54) is 29.7 Å². The summed E-state index contributed by atoms with van der Waals surface area (Å²) in [5.41, 5.74) is 4.03. The minimum absolute atomic E-state index is 0.0358. The zero-order valence-electron chi connectivity index (χ0n) is 11.3. The van der Waals surface area contributed by atoms with Gasteiger partial charge in [0, 0.05) is 23.7 Å². The minimum Gasteiger partial charge on any atom is -0.326 e. The van der Waals surface area contributed by atoms with E-state index in [0.717, 1.165) is 18.9 Å². The Balaban J connectivity index is 1.90. The van der Waals surface area contributed by atoms with Crippen molar-refractivity contribution in [1.29, 1.82) is 0 Å². The normalized spacial score (nSPS) is 36.2. The van der Waals surface area contributed by atoms with Crippen molar-refractivity contribution < 1.29 is 0 Å². The van der Waals surface area contributed by atoms with Gasteiger partial charge in [0.05, 0.1) is 0 Å². The lowest BCUT2D eigenvalue weighted by Crippen LogP contribution is -2.49. The maximum Gasteiger partial charge on any atom is 0.248 e. The predicted octanol–water partition coefficient (Wildman–Crippen LogP) is 1.96. The second-order valence-corrected chi connectivity index (χ2v) is 6.30. The third-order valence-corrected chi connectivity index (χ3v) is 5.24. The molecule has 1 saturated heterocycles. The first-order valence-electron chi connectivity index (χ1n) is 7.38. The average Bonchev–Trinajstić information content (AvgIpc) is 2.62. The molecule has 2 bridgehead atoms. The number of H-pyrrole nitrogens is 1. The van der Waals surface area contributed by atoms with Gasteiger partial charge in [-0.1, -0.05) is 17.7 Å². The summed E-state index contributed by atoms with van der Waals surface area (Å²) >= 11 is 0. The molecule has 3 aliphatic carbocycles. The molecule has 0 aromatic carbocycles. The monoisotopic (exact) mass is 256 g/mol. The molecule has 1 aliphatic heterocycles. The van der Waals surface area contributed by atoms with Gasteiger partial charge in [-0.3, -0.25) is 4.79 Å². The minimum atomic E-state index is 0.0358. The van der Waals surface area contributed by atoms with Gasteiger partial charge in [-0.2, -0.15) is 0 Å². The number of rotatable bonds is 0. The Hall–Kier alpha value is -1.35. The van der Waals surface area contributed by atoms with Crippen LogP contribution in [0.5, 0.6) is 0 Å². The lowest BCUT2D eigenvalue weighted by molar-refractivity contribution is 0.200. The highest BCUT2D eigenvalue weighted by atomic mass is 16.1. The Morgan fingerprint density at radius 1 is 1.32 bits per heavy atom. The Morgan fingerprint density at radius 3 is 3.11 bits per heavy atom. The van der Waals surface area contributed by atoms with Gasteiger partial charge < -0.3 is 10.3 Å². The van der Waals surface area contributed by atoms with E-state index < -0.39 is 0 Å². The molecule has 0 saturated carbocycles. The smallest absolute Gasteiger partial charge is 0.248 e. The number of allylic oxidation sites excluding steroid dienone is 1. The molecule has 0 spiro atoms. The third-order valence-electron chi connectivity index (χ3n) is 5.24. The van der Waals surface area contributed by atoms with Crippen LogP contribution in [0, 0.1) is 11.8 Å². The molecule has 2 heterocycles. The van der Waals surface area contributed by atoms with E-state index in [-0.39, 0.29) is 5.56 Å². The van der Waals surface area contributed by atoms with E-state index in [1.54, 1.807) is 6.07 Å². The molecule has 3 heteroatoms. The van der Waals surface area contributed by atoms with Crippen molar-refractivity contribution in [1.82, 2.24) is 10.3 Å². The number of hydrogen-bond donors (Lipinski definition) is 2. The van der Waals surface area contributed by atoms with Crippen molar-refractivity contribution in [3.8, 4) is 0 Å². The quantitative estimate of drug-likeness (QED) is 0.697. The van der Waals surface area contributed by atoms with Crippen LogP contribution >= 0.6 is 0 Å². The molecule has 5 rings (SSSR count). The first-order valence-corrected chi connectivity index (χ1v) is 7.38. The van der Waals surface area contributed by atoms with Crippen LogP contribution in [0.2, 0.25) is 0 Å². The summed E-state index contributed by atoms with van der Waals surface area (Å²) in [4.78, 5) is 14.7. The van der Waals surface area contributed by atoms with Crippen molar-refractivity contribution in [2.45, 2.75) is 38.1 Å². The second kappa shape index (κ2) is 4.07. The summed E-state index contributed by atoms with van der Waals surface area (Å²) in [6.07, 6.45) is 6.07. The Labute approximate surface area is 113 Å². The lowest BCUT2D eigenvalue weighted by Gasteiger charge is -2.43. The van der Waals surface area contributed by atoms with Gasteiger partial charge in [0.25, 0.3) is 0 Å². The SMILES string of the molecule is CC1=C[C@H]2Cc3[nH]c(=O)ccc3[C@@H]1[C@@H]1NCCC[C@@H]12. The molecule has 1 fully saturated rings. The maximum atomic E-state index is 11.6. The topological polar surface area (TPSA) is 44.9 Å². The van der Waals surface area contributed by atoms with Crippen LogP contribution in [0.25, 0.3) is 0 Å². The van der Waals surface area contributed by atoms with E-state index in [1.807, 2.05) is 0 Å². The lowest BCUT2D eigenvalue weighted by atomic mass is 9.68. The van der Waals surface area contributed by atoms with Crippen LogP contribution in [-0.4, -0.2) is 17.6 Å². The summed E-state index contributed by atoms with van der Waals surface area (Å²) in [7, 11) is 0. The van der Waals surface area contributed by atoms with E-state index in [0.29, 0.717) is 17.9 Å². The zero-order chi connectivity index (χ0) is 13.0. The van der Waals surface area contributed by atoms with Gasteiger partial charge in [0.1, 0.15) is 0 Å². The van der Waals surface area contributed by atoms with Crippen LogP contribution in [0.15, 0.2) is 28.6 Å². The van der Waals surface area contributed by atoms with Crippen LogP contribution in [0.3, 0.4) is 0 Å². The van der Waals surface area contributed by atoms with Gasteiger partial charge in [0.2, 0.25) is 5.56 Å². The van der Waals surface area contributed by atoms with Gasteiger partial charge >= 0.3 is 0 Å². The summed E-state index contributed by atoms with van der Waals surface area (Å²) in [6, 6.07) is 4.30. The van der Waals surface area contributed by atoms with E-state index in [9.17, 15) is 4.79 Å². The standard InChI is InChI=1S/C16H20N2O/c1-9-7-10-8-13-12(4-5-14(19)18-13)15(9)16-11(10)3-2-6-17-16/h4-5,7,10-11,15-17H,2-3,6,8H2,1H3,(H,18,19)/t10-,11+,15+,16+/m0/s1. The van der Waals surface area contributed by atoms with Crippen LogP contribution in [-0.2, 0) is 6.42 Å². The van der Waals surface area contributed by atoms with Crippen molar-refractivity contribution >= 4 is 0 Å². The van der Waals surface area contributed by atoms with Gasteiger partial charge in [-0.25, -0.2) is 0 Å². The molecule has 0 radical (unpaired) electrons. The van der Waals surface area contributed by atoms with Gasteiger partial charge in [0.15, 0.2) is 0 Å². The Morgan fingerprint density at radius 2 is 2.21 bits per heavy atom. The largest absolute Gasteiger partial charge is 0.326 e. The Bertz CT molecular complexity index is 601. The molecule has 100 valence electrons. The van der Waals surface area contributed by atoms with Gasteiger partial charge in [-0.15, -0.1) is 0 Å². The summed E-state index contributed by atoms with van der Waals surface area (Å²) in [5, 5.41) is 3.75. The van der Waals surface area contributed by atoms with Crippen molar-refractivity contribution in [2.75, 3.05) is 6.54 Å². The van der Waals surface area contributed by atoms with E-state index >= 15 is 0 Å². The molecule has 1 aromatic rings. The molecule has 4 atom stereocenters. The fourth-order valence-electron chi connectivity index (χ4n) is 4.50. The number of pyridine rings is 1. The van der Waals surface area contributed by atoms with E-state index in [4.69, 9.17) is 0 Å². The first kappa shape index (κ1) is 11.5. The van der Waals surface area contributed by atoms with E-state index in [2.05, 4.69) is 29.4 Å². The van der Waals surface area contributed by atoms with Crippen molar-refractivity contribution in [2.24, 2.45) is 11.8 Å².